The average Bonchev–Trinajstić information content (AvgIpc) is 2.78. The van der Waals surface area contributed by atoms with Crippen LogP contribution in [0.1, 0.15) is 44.4 Å². The molecule has 0 aliphatic carbocycles. The van der Waals surface area contributed by atoms with Gasteiger partial charge in [-0.2, -0.15) is 0 Å². The smallest absolute Gasteiger partial charge is 0.255 e. The number of ether oxygens (including phenoxy) is 1. The van der Waals surface area contributed by atoms with E-state index >= 15 is 0 Å². The number of hydrogen-bond acceptors (Lipinski definition) is 5. The van der Waals surface area contributed by atoms with Crippen molar-refractivity contribution in [3.8, 4) is 5.75 Å². The lowest BCUT2D eigenvalue weighted by Crippen LogP contribution is -2.24. The fourth-order valence-corrected chi connectivity index (χ4v) is 2.83. The van der Waals surface area contributed by atoms with E-state index in [0.717, 1.165) is 6.42 Å². The Morgan fingerprint density at radius 1 is 0.839 bits per heavy atom. The summed E-state index contributed by atoms with van der Waals surface area (Å²) in [6.07, 6.45) is 0.894. The number of benzene rings is 3. The van der Waals surface area contributed by atoms with Crippen LogP contribution in [0.4, 0.5) is 11.4 Å². The molecule has 0 radical (unpaired) electrons. The normalized spacial score (nSPS) is 10.2. The van der Waals surface area contributed by atoms with Crippen LogP contribution < -0.4 is 20.5 Å². The van der Waals surface area contributed by atoms with Gasteiger partial charge in [-0.05, 0) is 55.0 Å². The Hall–Kier alpha value is -4.13. The molecule has 0 aromatic heterocycles. The molecule has 7 nitrogen and oxygen atoms in total. The Bertz CT molecular complexity index is 1090. The molecule has 0 aliphatic rings. The van der Waals surface area contributed by atoms with Crippen molar-refractivity contribution >= 4 is 29.2 Å². The molecule has 0 spiro atoms. The van der Waals surface area contributed by atoms with Crippen molar-refractivity contribution in [2.45, 2.75) is 13.3 Å². The molecule has 0 atom stereocenters. The maximum absolute atomic E-state index is 12.6. The fraction of sp³-hybridized carbons (Fsp3) is 0.125. The van der Waals surface area contributed by atoms with Gasteiger partial charge in [0, 0.05) is 22.4 Å². The van der Waals surface area contributed by atoms with Gasteiger partial charge < -0.3 is 25.3 Å². The van der Waals surface area contributed by atoms with Gasteiger partial charge in [-0.3, -0.25) is 9.59 Å². The molecule has 0 bridgehead atoms. The molecule has 0 saturated carbocycles. The Morgan fingerprint density at radius 3 is 2.26 bits per heavy atom. The van der Waals surface area contributed by atoms with E-state index in [1.165, 1.54) is 18.2 Å². The summed E-state index contributed by atoms with van der Waals surface area (Å²) in [5.41, 5.74) is 1.15. The van der Waals surface area contributed by atoms with E-state index < -0.39 is 11.9 Å². The van der Waals surface area contributed by atoms with Gasteiger partial charge in [-0.25, -0.2) is 0 Å². The number of anilines is 2. The molecule has 31 heavy (non-hydrogen) atoms. The van der Waals surface area contributed by atoms with Gasteiger partial charge >= 0.3 is 0 Å². The number of carboxylic acids is 1. The van der Waals surface area contributed by atoms with Crippen molar-refractivity contribution in [1.29, 1.82) is 0 Å². The Morgan fingerprint density at radius 2 is 1.55 bits per heavy atom. The van der Waals surface area contributed by atoms with E-state index in [0.29, 0.717) is 23.6 Å². The predicted octanol–water partition coefficient (Wildman–Crippen LogP) is 3.34. The van der Waals surface area contributed by atoms with E-state index in [9.17, 15) is 19.5 Å². The molecule has 3 aromatic carbocycles. The lowest BCUT2D eigenvalue weighted by atomic mass is 10.1. The third-order valence-electron chi connectivity index (χ3n) is 4.37. The zero-order chi connectivity index (χ0) is 22.2. The minimum absolute atomic E-state index is 0.119. The van der Waals surface area contributed by atoms with Gasteiger partial charge in [-0.15, -0.1) is 0 Å². The second-order valence-electron chi connectivity index (χ2n) is 6.69. The SMILES string of the molecule is CCCOc1ccc(C(=O)Nc2cccc(C(=O)Nc3ccccc3C(=O)[O-])c2)cc1. The van der Waals surface area contributed by atoms with Crippen LogP contribution in [-0.4, -0.2) is 24.4 Å². The molecular weight excluding hydrogens is 396 g/mol. The Labute approximate surface area is 179 Å². The molecule has 3 rings (SSSR count). The first-order valence-electron chi connectivity index (χ1n) is 9.74. The molecule has 3 aromatic rings. The molecule has 2 amide bonds. The fourth-order valence-electron chi connectivity index (χ4n) is 2.83. The van der Waals surface area contributed by atoms with Crippen LogP contribution >= 0.6 is 0 Å². The molecule has 0 unspecified atom stereocenters. The second-order valence-corrected chi connectivity index (χ2v) is 6.69. The van der Waals surface area contributed by atoms with Gasteiger partial charge in [0.05, 0.1) is 18.3 Å². The maximum Gasteiger partial charge on any atom is 0.255 e. The van der Waals surface area contributed by atoms with Crippen LogP contribution in [0.25, 0.3) is 0 Å². The molecule has 0 heterocycles. The highest BCUT2D eigenvalue weighted by atomic mass is 16.5. The third-order valence-corrected chi connectivity index (χ3v) is 4.37. The highest BCUT2D eigenvalue weighted by Gasteiger charge is 2.12. The summed E-state index contributed by atoms with van der Waals surface area (Å²) in [4.78, 5) is 36.3. The second kappa shape index (κ2) is 10.1. The highest BCUT2D eigenvalue weighted by molar-refractivity contribution is 6.09. The minimum Gasteiger partial charge on any atom is -0.545 e. The van der Waals surface area contributed by atoms with Crippen molar-refractivity contribution in [3.63, 3.8) is 0 Å². The summed E-state index contributed by atoms with van der Waals surface area (Å²) >= 11 is 0. The first-order chi connectivity index (χ1) is 15.0. The largest absolute Gasteiger partial charge is 0.545 e. The number of para-hydroxylation sites is 1. The van der Waals surface area contributed by atoms with Gasteiger partial charge in [-0.1, -0.05) is 31.2 Å². The quantitative estimate of drug-likeness (QED) is 0.584. The van der Waals surface area contributed by atoms with Gasteiger partial charge in [0.15, 0.2) is 0 Å². The van der Waals surface area contributed by atoms with Gasteiger partial charge in [0.25, 0.3) is 11.8 Å². The topological polar surface area (TPSA) is 108 Å². The van der Waals surface area contributed by atoms with Crippen molar-refractivity contribution in [2.75, 3.05) is 17.2 Å². The lowest BCUT2D eigenvalue weighted by molar-refractivity contribution is -0.254. The molecule has 0 aliphatic heterocycles. The molecular formula is C24H21N2O5-. The summed E-state index contributed by atoms with van der Waals surface area (Å²) in [5.74, 6) is -1.54. The molecule has 2 N–H and O–H groups in total. The van der Waals surface area contributed by atoms with Crippen LogP contribution in [0.5, 0.6) is 5.75 Å². The molecule has 158 valence electrons. The molecule has 0 fully saturated rings. The number of nitrogens with one attached hydrogen (secondary N) is 2. The van der Waals surface area contributed by atoms with E-state index in [2.05, 4.69) is 10.6 Å². The van der Waals surface area contributed by atoms with Gasteiger partial charge in [0.2, 0.25) is 0 Å². The Balaban J connectivity index is 1.69. The Kier molecular flexibility index (Phi) is 7.01. The van der Waals surface area contributed by atoms with Crippen LogP contribution in [0, 0.1) is 0 Å². The number of hydrogen-bond donors (Lipinski definition) is 2. The summed E-state index contributed by atoms with van der Waals surface area (Å²) in [7, 11) is 0. The van der Waals surface area contributed by atoms with Gasteiger partial charge in [0.1, 0.15) is 5.75 Å². The van der Waals surface area contributed by atoms with Crippen LogP contribution in [-0.2, 0) is 0 Å². The highest BCUT2D eigenvalue weighted by Crippen LogP contribution is 2.18. The maximum atomic E-state index is 12.6. The van der Waals surface area contributed by atoms with E-state index in [1.807, 2.05) is 6.92 Å². The number of amides is 2. The van der Waals surface area contributed by atoms with E-state index in [1.54, 1.807) is 54.6 Å². The summed E-state index contributed by atoms with van der Waals surface area (Å²) in [6, 6.07) is 19.1. The zero-order valence-electron chi connectivity index (χ0n) is 16.9. The number of rotatable bonds is 8. The number of aromatic carboxylic acids is 1. The van der Waals surface area contributed by atoms with Crippen LogP contribution in [0.15, 0.2) is 72.8 Å². The third kappa shape index (κ3) is 5.70. The van der Waals surface area contributed by atoms with Crippen LogP contribution in [0.2, 0.25) is 0 Å². The zero-order valence-corrected chi connectivity index (χ0v) is 16.9. The van der Waals surface area contributed by atoms with E-state index in [4.69, 9.17) is 4.74 Å². The van der Waals surface area contributed by atoms with E-state index in [-0.39, 0.29) is 22.7 Å². The summed E-state index contributed by atoms with van der Waals surface area (Å²) in [6.45, 7) is 2.62. The van der Waals surface area contributed by atoms with Crippen molar-refractivity contribution in [3.05, 3.63) is 89.5 Å². The monoisotopic (exact) mass is 417 g/mol. The average molecular weight is 417 g/mol. The van der Waals surface area contributed by atoms with Crippen molar-refractivity contribution < 1.29 is 24.2 Å². The standard InChI is InChI=1S/C24H22N2O5/c1-2-14-31-19-12-10-16(11-13-19)22(27)25-18-7-5-6-17(15-18)23(28)26-21-9-4-3-8-20(21)24(29)30/h3-13,15H,2,14H2,1H3,(H,25,27)(H,26,28)(H,29,30)/p-1. The number of carbonyl (C=O) groups is 3. The van der Waals surface area contributed by atoms with Crippen molar-refractivity contribution in [1.82, 2.24) is 0 Å². The van der Waals surface area contributed by atoms with Crippen LogP contribution in [0.3, 0.4) is 0 Å². The number of carbonyl (C=O) groups excluding carboxylic acids is 3. The first kappa shape index (κ1) is 21.6. The number of carboxylic acid groups (broad SMARTS) is 1. The summed E-state index contributed by atoms with van der Waals surface area (Å²) in [5, 5.41) is 16.5. The molecule has 0 saturated heterocycles. The minimum atomic E-state index is -1.39. The summed E-state index contributed by atoms with van der Waals surface area (Å²) < 4.78 is 5.51. The lowest BCUT2D eigenvalue weighted by Gasteiger charge is -2.12. The molecule has 7 heteroatoms. The van der Waals surface area contributed by atoms with Crippen molar-refractivity contribution in [2.24, 2.45) is 0 Å². The first-order valence-corrected chi connectivity index (χ1v) is 9.74. The predicted molar refractivity (Wildman–Crippen MR) is 115 cm³/mol.